The van der Waals surface area contributed by atoms with Gasteiger partial charge < -0.3 is 14.8 Å². The molecule has 0 fully saturated rings. The van der Waals surface area contributed by atoms with E-state index in [1.54, 1.807) is 30.9 Å². The van der Waals surface area contributed by atoms with Gasteiger partial charge in [-0.05, 0) is 38.5 Å². The zero-order valence-corrected chi connectivity index (χ0v) is 18.9. The van der Waals surface area contributed by atoms with E-state index in [9.17, 15) is 0 Å². The molecule has 9 heteroatoms. The molecule has 0 amide bonds. The zero-order chi connectivity index (χ0) is 23.1. The number of halogens is 1. The minimum atomic E-state index is -1.41. The van der Waals surface area contributed by atoms with Gasteiger partial charge in [0, 0.05) is 29.1 Å². The molecule has 0 radical (unpaired) electrons. The van der Waals surface area contributed by atoms with Crippen LogP contribution in [0, 0.1) is 20.8 Å². The van der Waals surface area contributed by atoms with Crippen molar-refractivity contribution in [2.75, 3.05) is 0 Å². The highest BCUT2D eigenvalue weighted by Gasteiger charge is 2.10. The third-order valence-electron chi connectivity index (χ3n) is 4.54. The predicted molar refractivity (Wildman–Crippen MR) is 125 cm³/mol. The summed E-state index contributed by atoms with van der Waals surface area (Å²) in [6.07, 6.45) is 6.46. The molecule has 0 aliphatic rings. The smallest absolute Gasteiger partial charge is 0.423 e. The van der Waals surface area contributed by atoms with Gasteiger partial charge in [0.2, 0.25) is 11.8 Å². The van der Waals surface area contributed by atoms with Crippen molar-refractivity contribution in [2.24, 2.45) is 0 Å². The van der Waals surface area contributed by atoms with Crippen LogP contribution in [-0.2, 0) is 6.54 Å². The molecule has 3 aromatic heterocycles. The molecule has 7 nitrogen and oxygen atoms in total. The maximum Gasteiger partial charge on any atom is 0.490 e. The van der Waals surface area contributed by atoms with Crippen molar-refractivity contribution < 1.29 is 14.8 Å². The fourth-order valence-corrected chi connectivity index (χ4v) is 3.10. The van der Waals surface area contributed by atoms with E-state index in [1.165, 1.54) is 17.3 Å². The van der Waals surface area contributed by atoms with E-state index in [0.717, 1.165) is 11.3 Å². The van der Waals surface area contributed by atoms with Crippen LogP contribution in [0.5, 0.6) is 11.8 Å². The number of hydrogen-bond donors (Lipinski definition) is 2. The average molecular weight is 451 g/mol. The normalized spacial score (nSPS) is 10.3. The van der Waals surface area contributed by atoms with Crippen LogP contribution < -0.4 is 10.2 Å². The predicted octanol–water partition coefficient (Wildman–Crippen LogP) is 3.46. The minimum absolute atomic E-state index is 0.422. The molecule has 0 saturated carbocycles. The molecular formula is C23H24BClN4O3. The summed E-state index contributed by atoms with van der Waals surface area (Å²) in [6, 6.07) is 13.5. The van der Waals surface area contributed by atoms with E-state index in [4.69, 9.17) is 26.4 Å². The summed E-state index contributed by atoms with van der Waals surface area (Å²) in [7, 11) is -1.41. The Balaban J connectivity index is 0.000000243. The molecule has 164 valence electrons. The van der Waals surface area contributed by atoms with Gasteiger partial charge >= 0.3 is 7.12 Å². The average Bonchev–Trinajstić information content (AvgIpc) is 3.17. The molecule has 0 aliphatic heterocycles. The molecular weight excluding hydrogens is 427 g/mol. The van der Waals surface area contributed by atoms with Gasteiger partial charge in [-0.2, -0.15) is 0 Å². The van der Waals surface area contributed by atoms with E-state index in [0.29, 0.717) is 28.8 Å². The molecule has 32 heavy (non-hydrogen) atoms. The lowest BCUT2D eigenvalue weighted by Crippen LogP contribution is -2.29. The van der Waals surface area contributed by atoms with Crippen LogP contribution in [0.4, 0.5) is 0 Å². The van der Waals surface area contributed by atoms with Crippen LogP contribution in [-0.4, -0.2) is 36.7 Å². The van der Waals surface area contributed by atoms with E-state index in [-0.39, 0.29) is 0 Å². The summed E-state index contributed by atoms with van der Waals surface area (Å²) in [6.45, 7) is 6.53. The second-order valence-electron chi connectivity index (χ2n) is 7.33. The van der Waals surface area contributed by atoms with Crippen molar-refractivity contribution >= 4 is 24.2 Å². The lowest BCUT2D eigenvalue weighted by molar-refractivity contribution is 0.417. The Bertz CT molecular complexity index is 1170. The SMILES string of the molecule is Cc1ccc(B(O)O)cn1.Cc1cccc(Cn2cncc2Oc2ncc(Cl)cc2C)c1. The number of benzene rings is 1. The van der Waals surface area contributed by atoms with Crippen molar-refractivity contribution in [3.63, 3.8) is 0 Å². The third-order valence-corrected chi connectivity index (χ3v) is 4.75. The largest absolute Gasteiger partial charge is 0.490 e. The summed E-state index contributed by atoms with van der Waals surface area (Å²) in [5.41, 5.74) is 4.60. The van der Waals surface area contributed by atoms with Crippen LogP contribution in [0.15, 0.2) is 67.4 Å². The van der Waals surface area contributed by atoms with E-state index in [1.807, 2.05) is 30.5 Å². The molecule has 1 aromatic carbocycles. The van der Waals surface area contributed by atoms with E-state index >= 15 is 0 Å². The lowest BCUT2D eigenvalue weighted by atomic mass is 9.82. The van der Waals surface area contributed by atoms with Gasteiger partial charge in [0.1, 0.15) is 0 Å². The minimum Gasteiger partial charge on any atom is -0.423 e. The van der Waals surface area contributed by atoms with Gasteiger partial charge in [-0.3, -0.25) is 9.55 Å². The van der Waals surface area contributed by atoms with Crippen molar-refractivity contribution in [2.45, 2.75) is 27.3 Å². The number of aromatic nitrogens is 4. The summed E-state index contributed by atoms with van der Waals surface area (Å²) in [5.74, 6) is 1.19. The van der Waals surface area contributed by atoms with Gasteiger partial charge in [-0.25, -0.2) is 9.97 Å². The Morgan fingerprint density at radius 2 is 1.81 bits per heavy atom. The third kappa shape index (κ3) is 6.65. The van der Waals surface area contributed by atoms with Crippen LogP contribution in [0.25, 0.3) is 0 Å². The van der Waals surface area contributed by atoms with Gasteiger partial charge in [-0.1, -0.05) is 47.5 Å². The number of imidazole rings is 1. The van der Waals surface area contributed by atoms with Crippen LogP contribution in [0.2, 0.25) is 5.02 Å². The van der Waals surface area contributed by atoms with E-state index < -0.39 is 7.12 Å². The maximum atomic E-state index is 8.63. The van der Waals surface area contributed by atoms with Crippen molar-refractivity contribution in [1.82, 2.24) is 19.5 Å². The number of rotatable bonds is 5. The summed E-state index contributed by atoms with van der Waals surface area (Å²) >= 11 is 5.92. The van der Waals surface area contributed by atoms with E-state index in [2.05, 4.69) is 40.1 Å². The first kappa shape index (κ1) is 23.5. The fraction of sp³-hybridized carbons (Fsp3) is 0.174. The van der Waals surface area contributed by atoms with Crippen molar-refractivity contribution in [1.29, 1.82) is 0 Å². The Kier molecular flexibility index (Phi) is 8.00. The molecule has 0 bridgehead atoms. The standard InChI is InChI=1S/C17H16ClN3O.C6H8BNO2/c1-12-4-3-5-14(6-12)10-21-11-19-9-16(21)22-17-13(2)7-15(18)8-20-17;1-5-2-3-6(4-8-5)7(9)10/h3-9,11H,10H2,1-2H3;2-4,9-10H,1H3. The highest BCUT2D eigenvalue weighted by molar-refractivity contribution is 6.58. The summed E-state index contributed by atoms with van der Waals surface area (Å²) in [4.78, 5) is 12.3. The molecule has 4 rings (SSSR count). The molecule has 0 aliphatic carbocycles. The summed E-state index contributed by atoms with van der Waals surface area (Å²) < 4.78 is 7.82. The van der Waals surface area contributed by atoms with Gasteiger partial charge in [0.25, 0.3) is 0 Å². The molecule has 2 N–H and O–H groups in total. The second-order valence-corrected chi connectivity index (χ2v) is 7.77. The maximum absolute atomic E-state index is 8.63. The second kappa shape index (κ2) is 10.9. The monoisotopic (exact) mass is 450 g/mol. The molecule has 0 spiro atoms. The van der Waals surface area contributed by atoms with Crippen molar-refractivity contribution in [3.05, 3.63) is 94.8 Å². The molecule has 3 heterocycles. The Hall–Kier alpha value is -3.20. The van der Waals surface area contributed by atoms with Gasteiger partial charge in [-0.15, -0.1) is 0 Å². The highest BCUT2D eigenvalue weighted by Crippen LogP contribution is 2.25. The zero-order valence-electron chi connectivity index (χ0n) is 18.1. The number of ether oxygens (including phenoxy) is 1. The number of aryl methyl sites for hydroxylation is 3. The molecule has 0 atom stereocenters. The molecule has 4 aromatic rings. The topological polar surface area (TPSA) is 93.3 Å². The highest BCUT2D eigenvalue weighted by atomic mass is 35.5. The first-order valence-electron chi connectivity index (χ1n) is 9.96. The lowest BCUT2D eigenvalue weighted by Gasteiger charge is -2.11. The van der Waals surface area contributed by atoms with Crippen molar-refractivity contribution in [3.8, 4) is 11.8 Å². The van der Waals surface area contributed by atoms with Crippen LogP contribution >= 0.6 is 11.6 Å². The number of hydrogen-bond acceptors (Lipinski definition) is 6. The fourth-order valence-electron chi connectivity index (χ4n) is 2.89. The first-order chi connectivity index (χ1) is 15.3. The van der Waals surface area contributed by atoms with Gasteiger partial charge in [0.05, 0.1) is 24.1 Å². The molecule has 0 saturated heterocycles. The number of pyridine rings is 2. The van der Waals surface area contributed by atoms with Crippen LogP contribution in [0.3, 0.4) is 0 Å². The van der Waals surface area contributed by atoms with Crippen LogP contribution in [0.1, 0.15) is 22.4 Å². The van der Waals surface area contributed by atoms with Gasteiger partial charge in [0.15, 0.2) is 0 Å². The Labute approximate surface area is 192 Å². The first-order valence-corrected chi connectivity index (χ1v) is 10.3. The molecule has 0 unspecified atom stereocenters. The summed E-state index contributed by atoms with van der Waals surface area (Å²) in [5, 5.41) is 17.9. The Morgan fingerprint density at radius 3 is 2.47 bits per heavy atom. The number of nitrogens with zero attached hydrogens (tertiary/aromatic N) is 4. The Morgan fingerprint density at radius 1 is 1.00 bits per heavy atom. The quantitative estimate of drug-likeness (QED) is 0.452.